The molecule has 0 atom stereocenters. The maximum Gasteiger partial charge on any atom is 0.251 e. The van der Waals surface area contributed by atoms with Crippen LogP contribution in [0.5, 0.6) is 0 Å². The summed E-state index contributed by atoms with van der Waals surface area (Å²) in [5, 5.41) is 19.3. The Balaban J connectivity index is 1.77. The molecule has 0 radical (unpaired) electrons. The molecule has 6 heteroatoms. The first-order valence-corrected chi connectivity index (χ1v) is 8.53. The van der Waals surface area contributed by atoms with Crippen molar-refractivity contribution in [1.82, 2.24) is 15.1 Å². The lowest BCUT2D eigenvalue weighted by molar-refractivity contribution is -0.123. The first-order valence-electron chi connectivity index (χ1n) is 8.53. The molecule has 1 aliphatic heterocycles. The van der Waals surface area contributed by atoms with Gasteiger partial charge in [-0.25, -0.2) is 0 Å². The highest BCUT2D eigenvalue weighted by molar-refractivity contribution is 5.97. The van der Waals surface area contributed by atoms with Crippen molar-refractivity contribution >= 4 is 11.6 Å². The molecule has 2 heterocycles. The molecular formula is C21H19N5O. The smallest absolute Gasteiger partial charge is 0.251 e. The minimum absolute atomic E-state index is 0.269. The minimum Gasteiger partial charge on any atom is -0.323 e. The fourth-order valence-electron chi connectivity index (χ4n) is 2.49. The van der Waals surface area contributed by atoms with Gasteiger partial charge in [-0.2, -0.15) is 10.4 Å². The molecule has 2 N–H and O–H groups in total. The molecule has 0 saturated carbocycles. The van der Waals surface area contributed by atoms with Crippen molar-refractivity contribution in [2.24, 2.45) is 5.92 Å². The summed E-state index contributed by atoms with van der Waals surface area (Å²) in [6, 6.07) is 6.84. The highest BCUT2D eigenvalue weighted by Gasteiger charge is 2.31. The molecule has 1 fully saturated rings. The van der Waals surface area contributed by atoms with E-state index in [1.54, 1.807) is 49.1 Å². The maximum absolute atomic E-state index is 12.8. The van der Waals surface area contributed by atoms with Crippen LogP contribution in [0.15, 0.2) is 30.6 Å². The highest BCUT2D eigenvalue weighted by atomic mass is 16.2. The topological polar surface area (TPSA) is 82.7 Å². The predicted octanol–water partition coefficient (Wildman–Crippen LogP) is 1.68. The average Bonchev–Trinajstić information content (AvgIpc) is 3.10. The van der Waals surface area contributed by atoms with Gasteiger partial charge >= 0.3 is 0 Å². The Labute approximate surface area is 158 Å². The number of rotatable bonds is 3. The number of nitrogens with one attached hydrogen (secondary N) is 2. The van der Waals surface area contributed by atoms with Gasteiger partial charge in [0.1, 0.15) is 5.54 Å². The molecule has 1 saturated heterocycles. The molecule has 1 aromatic carbocycles. The van der Waals surface area contributed by atoms with Crippen LogP contribution in [0.2, 0.25) is 0 Å². The Morgan fingerprint density at radius 3 is 2.81 bits per heavy atom. The van der Waals surface area contributed by atoms with Crippen molar-refractivity contribution < 1.29 is 4.79 Å². The fraction of sp³-hybridized carbons (Fsp3) is 0.286. The van der Waals surface area contributed by atoms with Gasteiger partial charge in [-0.05, 0) is 32.0 Å². The van der Waals surface area contributed by atoms with E-state index in [0.29, 0.717) is 22.7 Å². The second-order valence-electron chi connectivity index (χ2n) is 6.83. The number of hydrogen-bond acceptors (Lipinski definition) is 4. The van der Waals surface area contributed by atoms with Crippen LogP contribution in [0.4, 0.5) is 5.69 Å². The zero-order chi connectivity index (χ0) is 19.4. The van der Waals surface area contributed by atoms with Gasteiger partial charge in [0, 0.05) is 30.8 Å². The van der Waals surface area contributed by atoms with Gasteiger partial charge < -0.3 is 10.6 Å². The summed E-state index contributed by atoms with van der Waals surface area (Å²) in [5.41, 5.74) is 1.21. The van der Waals surface area contributed by atoms with Crippen molar-refractivity contribution in [2.45, 2.75) is 19.4 Å². The van der Waals surface area contributed by atoms with Crippen LogP contribution in [-0.4, -0.2) is 28.8 Å². The SMILES string of the molecule is C#Cc1cc(C#N)ccc1NC(=O)C(C)(C)n1cc(C#CC2CNC2)cn1. The molecular weight excluding hydrogens is 338 g/mol. The molecule has 3 rings (SSSR count). The van der Waals surface area contributed by atoms with E-state index in [4.69, 9.17) is 11.7 Å². The standard InChI is InChI=1S/C21H19N5O/c1-4-18-9-15(10-22)7-8-19(18)25-20(27)21(2,3)26-14-17(13-24-26)6-5-16-11-23-12-16/h1,7-9,13-14,16,23H,11-12H2,2-3H3,(H,25,27). The Morgan fingerprint density at radius 1 is 1.41 bits per heavy atom. The van der Waals surface area contributed by atoms with Gasteiger partial charge in [-0.3, -0.25) is 9.48 Å². The monoisotopic (exact) mass is 357 g/mol. The van der Waals surface area contributed by atoms with Crippen molar-refractivity contribution in [3.8, 4) is 30.3 Å². The van der Waals surface area contributed by atoms with Crippen LogP contribution in [0.1, 0.15) is 30.5 Å². The molecule has 0 unspecified atom stereocenters. The fourth-order valence-corrected chi connectivity index (χ4v) is 2.49. The number of terminal acetylenes is 1. The minimum atomic E-state index is -0.947. The van der Waals surface area contributed by atoms with Crippen LogP contribution >= 0.6 is 0 Å². The van der Waals surface area contributed by atoms with E-state index in [1.807, 2.05) is 6.07 Å². The third kappa shape index (κ3) is 3.85. The molecule has 2 aromatic rings. The molecule has 0 bridgehead atoms. The second kappa shape index (κ2) is 7.38. The van der Waals surface area contributed by atoms with Gasteiger partial charge in [-0.15, -0.1) is 6.42 Å². The molecule has 1 aliphatic rings. The third-order valence-electron chi connectivity index (χ3n) is 4.47. The molecule has 0 aliphatic carbocycles. The summed E-state index contributed by atoms with van der Waals surface area (Å²) in [6.07, 6.45) is 8.92. The van der Waals surface area contributed by atoms with Gasteiger partial charge in [-0.1, -0.05) is 17.8 Å². The van der Waals surface area contributed by atoms with Crippen molar-refractivity contribution in [2.75, 3.05) is 18.4 Å². The Kier molecular flexibility index (Phi) is 4.99. The number of hydrogen-bond donors (Lipinski definition) is 2. The molecule has 1 aromatic heterocycles. The van der Waals surface area contributed by atoms with Gasteiger partial charge in [0.15, 0.2) is 0 Å². The van der Waals surface area contributed by atoms with Crippen LogP contribution < -0.4 is 10.6 Å². The molecule has 1 amide bonds. The van der Waals surface area contributed by atoms with Crippen molar-refractivity contribution in [3.05, 3.63) is 47.3 Å². The number of nitrogens with zero attached hydrogens (tertiary/aromatic N) is 3. The Morgan fingerprint density at radius 2 is 2.19 bits per heavy atom. The van der Waals surface area contributed by atoms with Crippen LogP contribution in [-0.2, 0) is 10.3 Å². The van der Waals surface area contributed by atoms with Crippen LogP contribution in [0.25, 0.3) is 0 Å². The summed E-state index contributed by atoms with van der Waals surface area (Å²) in [4.78, 5) is 12.8. The predicted molar refractivity (Wildman–Crippen MR) is 103 cm³/mol. The van der Waals surface area contributed by atoms with E-state index < -0.39 is 5.54 Å². The summed E-state index contributed by atoms with van der Waals surface area (Å²) in [6.45, 7) is 5.36. The maximum atomic E-state index is 12.8. The molecule has 134 valence electrons. The molecule has 27 heavy (non-hydrogen) atoms. The van der Waals surface area contributed by atoms with E-state index in [0.717, 1.165) is 18.7 Å². The van der Waals surface area contributed by atoms with Gasteiger partial charge in [0.2, 0.25) is 0 Å². The largest absolute Gasteiger partial charge is 0.323 e. The lowest BCUT2D eigenvalue weighted by Crippen LogP contribution is -2.41. The first kappa shape index (κ1) is 18.3. The number of anilines is 1. The van der Waals surface area contributed by atoms with E-state index in [1.165, 1.54) is 0 Å². The molecule has 6 nitrogen and oxygen atoms in total. The number of carbonyl (C=O) groups excluding carboxylic acids is 1. The Bertz CT molecular complexity index is 1020. The number of aromatic nitrogens is 2. The average molecular weight is 357 g/mol. The number of amides is 1. The zero-order valence-corrected chi connectivity index (χ0v) is 15.2. The highest BCUT2D eigenvalue weighted by Crippen LogP contribution is 2.21. The van der Waals surface area contributed by atoms with E-state index in [9.17, 15) is 4.79 Å². The quantitative estimate of drug-likeness (QED) is 0.819. The van der Waals surface area contributed by atoms with Crippen molar-refractivity contribution in [3.63, 3.8) is 0 Å². The summed E-state index contributed by atoms with van der Waals surface area (Å²) < 4.78 is 1.59. The Hall–Kier alpha value is -3.53. The van der Waals surface area contributed by atoms with Crippen molar-refractivity contribution in [1.29, 1.82) is 5.26 Å². The van der Waals surface area contributed by atoms with E-state index >= 15 is 0 Å². The third-order valence-corrected chi connectivity index (χ3v) is 4.47. The summed E-state index contributed by atoms with van der Waals surface area (Å²) in [5.74, 6) is 8.88. The lowest BCUT2D eigenvalue weighted by atomic mass is 10.0. The molecule has 0 spiro atoms. The number of carbonyl (C=O) groups is 1. The van der Waals surface area contributed by atoms with E-state index in [2.05, 4.69) is 33.5 Å². The van der Waals surface area contributed by atoms with Gasteiger partial charge in [0.05, 0.1) is 29.1 Å². The lowest BCUT2D eigenvalue weighted by Gasteiger charge is -2.24. The second-order valence-corrected chi connectivity index (χ2v) is 6.83. The van der Waals surface area contributed by atoms with Crippen LogP contribution in [0, 0.1) is 41.4 Å². The van der Waals surface area contributed by atoms with Crippen LogP contribution in [0.3, 0.4) is 0 Å². The van der Waals surface area contributed by atoms with Gasteiger partial charge in [0.25, 0.3) is 5.91 Å². The zero-order valence-electron chi connectivity index (χ0n) is 15.2. The van der Waals surface area contributed by atoms with E-state index in [-0.39, 0.29) is 5.91 Å². The number of benzene rings is 1. The number of nitriles is 1. The first-order chi connectivity index (χ1) is 12.9. The summed E-state index contributed by atoms with van der Waals surface area (Å²) in [7, 11) is 0. The normalized spacial score (nSPS) is 13.5. The summed E-state index contributed by atoms with van der Waals surface area (Å²) >= 11 is 0.